The minimum Gasteiger partial charge on any atom is -0.463 e. The topological polar surface area (TPSA) is 39.8 Å². The summed E-state index contributed by atoms with van der Waals surface area (Å²) in [5.41, 5.74) is 2.14. The van der Waals surface area contributed by atoms with Crippen molar-refractivity contribution in [3.63, 3.8) is 0 Å². The Hall–Kier alpha value is -2.24. The first-order chi connectivity index (χ1) is 13.7. The monoisotopic (exact) mass is 382 g/mol. The maximum atomic E-state index is 6.30. The van der Waals surface area contributed by atoms with Crippen molar-refractivity contribution in [2.75, 3.05) is 31.2 Å². The molecule has 0 radical (unpaired) electrons. The van der Waals surface area contributed by atoms with Crippen LogP contribution in [0.15, 0.2) is 60.3 Å². The third kappa shape index (κ3) is 4.26. The highest BCUT2D eigenvalue weighted by atomic mass is 16.5. The standard InChI is InChI=1S/C23H34N4O/c1-5-24-19-13-16-23(17-14-19,25-6-2)18-15-22-27(26(7-3)8-4)20-11-9-10-12-21(20)28-22/h9-16,18,22,24-25H,5-8,17H2,1-4H3. The molecule has 1 heterocycles. The second-order valence-corrected chi connectivity index (χ2v) is 7.12. The molecule has 2 unspecified atom stereocenters. The number of hydrogen-bond donors (Lipinski definition) is 2. The molecular weight excluding hydrogens is 348 g/mol. The fraction of sp³-hybridized carbons (Fsp3) is 0.478. The highest BCUT2D eigenvalue weighted by Gasteiger charge is 2.33. The number of likely N-dealkylation sites (N-methyl/N-ethyl adjacent to an activating group) is 2. The average Bonchev–Trinajstić information content (AvgIpc) is 3.08. The predicted octanol–water partition coefficient (Wildman–Crippen LogP) is 3.83. The van der Waals surface area contributed by atoms with Crippen molar-refractivity contribution in [2.45, 2.75) is 45.9 Å². The van der Waals surface area contributed by atoms with Crippen molar-refractivity contribution in [1.29, 1.82) is 0 Å². The molecule has 5 heteroatoms. The number of rotatable bonds is 9. The molecule has 1 aromatic rings. The van der Waals surface area contributed by atoms with Gasteiger partial charge in [-0.15, -0.1) is 0 Å². The molecule has 2 aliphatic rings. The zero-order valence-electron chi connectivity index (χ0n) is 17.6. The highest BCUT2D eigenvalue weighted by molar-refractivity contribution is 5.62. The average molecular weight is 383 g/mol. The summed E-state index contributed by atoms with van der Waals surface area (Å²) in [5.74, 6) is 0.940. The van der Waals surface area contributed by atoms with Gasteiger partial charge < -0.3 is 15.4 Å². The van der Waals surface area contributed by atoms with Gasteiger partial charge in [0, 0.05) is 25.3 Å². The molecule has 1 aliphatic carbocycles. The van der Waals surface area contributed by atoms with Crippen LogP contribution in [0.2, 0.25) is 0 Å². The van der Waals surface area contributed by atoms with E-state index >= 15 is 0 Å². The molecule has 0 aromatic heterocycles. The molecule has 0 amide bonds. The third-order valence-corrected chi connectivity index (χ3v) is 5.30. The molecule has 0 saturated carbocycles. The van der Waals surface area contributed by atoms with Gasteiger partial charge in [0.05, 0.1) is 11.2 Å². The van der Waals surface area contributed by atoms with Crippen LogP contribution in [0.1, 0.15) is 34.1 Å². The van der Waals surface area contributed by atoms with E-state index in [0.717, 1.165) is 44.0 Å². The van der Waals surface area contributed by atoms with Crippen LogP contribution in [-0.2, 0) is 0 Å². The SMILES string of the molecule is CCNC1=CCC(C=CC2Oc3ccccc3N2N(CC)CC)(NCC)C=C1. The van der Waals surface area contributed by atoms with Gasteiger partial charge in [-0.3, -0.25) is 5.01 Å². The maximum Gasteiger partial charge on any atom is 0.205 e. The van der Waals surface area contributed by atoms with E-state index in [-0.39, 0.29) is 11.8 Å². The van der Waals surface area contributed by atoms with Crippen molar-refractivity contribution >= 4 is 5.69 Å². The number of allylic oxidation sites excluding steroid dienone is 1. The Labute approximate surface area is 169 Å². The van der Waals surface area contributed by atoms with Gasteiger partial charge in [-0.05, 0) is 44.2 Å². The van der Waals surface area contributed by atoms with Crippen LogP contribution >= 0.6 is 0 Å². The molecule has 3 rings (SSSR count). The van der Waals surface area contributed by atoms with Crippen LogP contribution in [0.4, 0.5) is 5.69 Å². The molecule has 0 spiro atoms. The van der Waals surface area contributed by atoms with Gasteiger partial charge in [-0.1, -0.05) is 51.1 Å². The number of fused-ring (bicyclic) bond motifs is 1. The Morgan fingerprint density at radius 3 is 2.61 bits per heavy atom. The second kappa shape index (κ2) is 9.30. The summed E-state index contributed by atoms with van der Waals surface area (Å²) in [5, 5.41) is 11.6. The van der Waals surface area contributed by atoms with E-state index in [2.05, 4.69) is 90.9 Å². The first-order valence-corrected chi connectivity index (χ1v) is 10.5. The quantitative estimate of drug-likeness (QED) is 0.635. The Morgan fingerprint density at radius 1 is 1.18 bits per heavy atom. The zero-order chi connectivity index (χ0) is 20.0. The number of ether oxygens (including phenoxy) is 1. The number of nitrogens with zero attached hydrogens (tertiary/aromatic N) is 2. The van der Waals surface area contributed by atoms with Crippen molar-refractivity contribution in [3.8, 4) is 5.75 Å². The highest BCUT2D eigenvalue weighted by Crippen LogP contribution is 2.38. The van der Waals surface area contributed by atoms with Gasteiger partial charge >= 0.3 is 0 Å². The Balaban J connectivity index is 1.84. The number of benzene rings is 1. The van der Waals surface area contributed by atoms with Crippen LogP contribution < -0.4 is 20.4 Å². The van der Waals surface area contributed by atoms with Crippen molar-refractivity contribution in [1.82, 2.24) is 15.6 Å². The molecule has 0 fully saturated rings. The third-order valence-electron chi connectivity index (χ3n) is 5.30. The molecule has 1 aromatic carbocycles. The number of hydrogen-bond acceptors (Lipinski definition) is 5. The van der Waals surface area contributed by atoms with Gasteiger partial charge in [0.15, 0.2) is 0 Å². The van der Waals surface area contributed by atoms with Crippen LogP contribution in [0.3, 0.4) is 0 Å². The van der Waals surface area contributed by atoms with Crippen LogP contribution in [0.25, 0.3) is 0 Å². The van der Waals surface area contributed by atoms with E-state index in [1.165, 1.54) is 5.70 Å². The van der Waals surface area contributed by atoms with E-state index < -0.39 is 0 Å². The summed E-state index contributed by atoms with van der Waals surface area (Å²) in [4.78, 5) is 0. The maximum absolute atomic E-state index is 6.30. The first-order valence-electron chi connectivity index (χ1n) is 10.5. The number of nitrogens with one attached hydrogen (secondary N) is 2. The van der Waals surface area contributed by atoms with Gasteiger partial charge in [0.2, 0.25) is 6.23 Å². The summed E-state index contributed by atoms with van der Waals surface area (Å²) in [6, 6.07) is 8.28. The van der Waals surface area contributed by atoms with E-state index in [9.17, 15) is 0 Å². The fourth-order valence-corrected chi connectivity index (χ4v) is 3.91. The van der Waals surface area contributed by atoms with Crippen LogP contribution in [0, 0.1) is 0 Å². The largest absolute Gasteiger partial charge is 0.463 e. The molecule has 5 nitrogen and oxygen atoms in total. The molecule has 2 N–H and O–H groups in total. The van der Waals surface area contributed by atoms with Crippen molar-refractivity contribution in [2.24, 2.45) is 0 Å². The summed E-state index contributed by atoms with van der Waals surface area (Å²) < 4.78 is 6.30. The van der Waals surface area contributed by atoms with E-state index in [0.29, 0.717) is 0 Å². The van der Waals surface area contributed by atoms with Gasteiger partial charge in [0.1, 0.15) is 5.75 Å². The van der Waals surface area contributed by atoms with Crippen molar-refractivity contribution < 1.29 is 4.74 Å². The Bertz CT molecular complexity index is 738. The molecule has 28 heavy (non-hydrogen) atoms. The molecule has 0 saturated heterocycles. The number of anilines is 1. The molecule has 0 bridgehead atoms. The smallest absolute Gasteiger partial charge is 0.205 e. The van der Waals surface area contributed by atoms with Crippen molar-refractivity contribution in [3.05, 3.63) is 60.3 Å². The van der Waals surface area contributed by atoms with Gasteiger partial charge in [0.25, 0.3) is 0 Å². The fourth-order valence-electron chi connectivity index (χ4n) is 3.91. The lowest BCUT2D eigenvalue weighted by Crippen LogP contribution is -2.48. The number of hydrazine groups is 1. The first kappa shape index (κ1) is 20.5. The Morgan fingerprint density at radius 2 is 1.96 bits per heavy atom. The normalized spacial score (nSPS) is 23.8. The minimum atomic E-state index is -0.180. The lowest BCUT2D eigenvalue weighted by molar-refractivity contribution is 0.173. The van der Waals surface area contributed by atoms with E-state index in [1.807, 2.05) is 12.1 Å². The van der Waals surface area contributed by atoms with Crippen LogP contribution in [-0.4, -0.2) is 43.0 Å². The molecule has 2 atom stereocenters. The summed E-state index contributed by atoms with van der Waals surface area (Å²) in [6.07, 6.45) is 11.9. The van der Waals surface area contributed by atoms with E-state index in [1.54, 1.807) is 0 Å². The molecular formula is C23H34N4O. The summed E-state index contributed by atoms with van der Waals surface area (Å²) in [6.45, 7) is 12.4. The summed E-state index contributed by atoms with van der Waals surface area (Å²) in [7, 11) is 0. The van der Waals surface area contributed by atoms with Crippen LogP contribution in [0.5, 0.6) is 5.75 Å². The molecule has 1 aliphatic heterocycles. The molecule has 152 valence electrons. The van der Waals surface area contributed by atoms with Gasteiger partial charge in [-0.25, -0.2) is 5.01 Å². The van der Waals surface area contributed by atoms with Gasteiger partial charge in [-0.2, -0.15) is 0 Å². The summed E-state index contributed by atoms with van der Waals surface area (Å²) >= 11 is 0. The predicted molar refractivity (Wildman–Crippen MR) is 117 cm³/mol. The lowest BCUT2D eigenvalue weighted by Gasteiger charge is -2.35. The Kier molecular flexibility index (Phi) is 6.81. The minimum absolute atomic E-state index is 0.139. The zero-order valence-corrected chi connectivity index (χ0v) is 17.6. The second-order valence-electron chi connectivity index (χ2n) is 7.12. The van der Waals surface area contributed by atoms with E-state index in [4.69, 9.17) is 4.74 Å². The number of para-hydroxylation sites is 2. The lowest BCUT2D eigenvalue weighted by atomic mass is 9.89.